The fraction of sp³-hybridized carbons (Fsp3) is 0.889. The molecule has 25 heavy (non-hydrogen) atoms. The number of aliphatic imine (C=N–C) groups is 1. The summed E-state index contributed by atoms with van der Waals surface area (Å²) in [6, 6.07) is 0.348. The molecule has 144 valence electrons. The number of halogens is 1. The molecule has 0 unspecified atom stereocenters. The van der Waals surface area contributed by atoms with Crippen LogP contribution in [-0.4, -0.2) is 60.2 Å². The minimum Gasteiger partial charge on any atom is -0.388 e. The van der Waals surface area contributed by atoms with Gasteiger partial charge in [-0.2, -0.15) is 0 Å². The molecule has 0 bridgehead atoms. The number of nitrogens with zero attached hydrogens (tertiary/aromatic N) is 2. The van der Waals surface area contributed by atoms with Crippen molar-refractivity contribution in [3.8, 4) is 0 Å². The molecule has 2 aliphatic carbocycles. The van der Waals surface area contributed by atoms with Crippen LogP contribution in [0.3, 0.4) is 0 Å². The zero-order valence-electron chi connectivity index (χ0n) is 15.3. The van der Waals surface area contributed by atoms with Crippen molar-refractivity contribution in [3.05, 3.63) is 0 Å². The van der Waals surface area contributed by atoms with Crippen molar-refractivity contribution in [2.75, 3.05) is 26.7 Å². The van der Waals surface area contributed by atoms with E-state index in [0.29, 0.717) is 24.4 Å². The number of aliphatic hydroxyl groups is 1. The van der Waals surface area contributed by atoms with Crippen LogP contribution >= 0.6 is 24.0 Å². The van der Waals surface area contributed by atoms with Crippen LogP contribution in [0.4, 0.5) is 0 Å². The van der Waals surface area contributed by atoms with Gasteiger partial charge in [-0.25, -0.2) is 0 Å². The summed E-state index contributed by atoms with van der Waals surface area (Å²) < 4.78 is 0. The van der Waals surface area contributed by atoms with Crippen LogP contribution in [0.1, 0.15) is 57.8 Å². The lowest BCUT2D eigenvalue weighted by molar-refractivity contribution is -0.133. The van der Waals surface area contributed by atoms with E-state index in [1.165, 1.54) is 6.42 Å². The summed E-state index contributed by atoms with van der Waals surface area (Å²) in [5.41, 5.74) is -0.587. The van der Waals surface area contributed by atoms with Gasteiger partial charge in [0.2, 0.25) is 5.91 Å². The third kappa shape index (κ3) is 5.98. The van der Waals surface area contributed by atoms with Crippen LogP contribution in [-0.2, 0) is 4.79 Å². The molecule has 3 aliphatic rings. The van der Waals surface area contributed by atoms with Crippen LogP contribution < -0.4 is 10.6 Å². The maximum Gasteiger partial charge on any atom is 0.225 e. The normalized spacial score (nSPS) is 24.4. The van der Waals surface area contributed by atoms with Gasteiger partial charge in [0.1, 0.15) is 0 Å². The first kappa shape index (κ1) is 20.7. The number of amides is 1. The first-order chi connectivity index (χ1) is 11.6. The predicted octanol–water partition coefficient (Wildman–Crippen LogP) is 1.87. The third-order valence-corrected chi connectivity index (χ3v) is 5.67. The Morgan fingerprint density at radius 2 is 1.80 bits per heavy atom. The Hall–Kier alpha value is -0.570. The van der Waals surface area contributed by atoms with Crippen LogP contribution in [0.25, 0.3) is 0 Å². The van der Waals surface area contributed by atoms with E-state index in [4.69, 9.17) is 0 Å². The monoisotopic (exact) mass is 464 g/mol. The molecule has 0 spiro atoms. The lowest BCUT2D eigenvalue weighted by Crippen LogP contribution is -2.53. The fourth-order valence-electron chi connectivity index (χ4n) is 3.86. The summed E-state index contributed by atoms with van der Waals surface area (Å²) in [5, 5.41) is 17.3. The minimum atomic E-state index is -0.587. The molecule has 2 saturated carbocycles. The zero-order chi connectivity index (χ0) is 17.0. The molecule has 1 heterocycles. The van der Waals surface area contributed by atoms with Crippen molar-refractivity contribution >= 4 is 35.8 Å². The lowest BCUT2D eigenvalue weighted by atomic mass is 9.85. The number of nitrogens with one attached hydrogen (secondary N) is 2. The van der Waals surface area contributed by atoms with Gasteiger partial charge in [-0.1, -0.05) is 19.3 Å². The van der Waals surface area contributed by atoms with E-state index in [1.807, 2.05) is 4.90 Å². The molecule has 1 saturated heterocycles. The maximum atomic E-state index is 12.1. The Labute approximate surface area is 168 Å². The summed E-state index contributed by atoms with van der Waals surface area (Å²) in [6.07, 6.45) is 9.28. The van der Waals surface area contributed by atoms with Gasteiger partial charge >= 0.3 is 0 Å². The van der Waals surface area contributed by atoms with Crippen molar-refractivity contribution in [2.45, 2.75) is 69.4 Å². The standard InChI is InChI=1S/C18H32N4O2.HI/c1-19-17(20-13-18(24)9-3-2-4-10-18)21-15-7-11-22(12-8-15)16(23)14-5-6-14;/h14-15,24H,2-13H2,1H3,(H2,19,20,21);1H. The first-order valence-corrected chi connectivity index (χ1v) is 9.58. The highest BCUT2D eigenvalue weighted by atomic mass is 127. The molecule has 1 amide bonds. The third-order valence-electron chi connectivity index (χ3n) is 5.67. The van der Waals surface area contributed by atoms with E-state index in [9.17, 15) is 9.90 Å². The zero-order valence-corrected chi connectivity index (χ0v) is 17.6. The van der Waals surface area contributed by atoms with Crippen LogP contribution in [0.2, 0.25) is 0 Å². The van der Waals surface area contributed by atoms with Crippen molar-refractivity contribution in [3.63, 3.8) is 0 Å². The first-order valence-electron chi connectivity index (χ1n) is 9.58. The molecule has 3 N–H and O–H groups in total. The van der Waals surface area contributed by atoms with E-state index in [1.54, 1.807) is 7.05 Å². The van der Waals surface area contributed by atoms with Gasteiger partial charge in [0.25, 0.3) is 0 Å². The Bertz CT molecular complexity index is 468. The van der Waals surface area contributed by atoms with Crippen LogP contribution in [0.5, 0.6) is 0 Å². The Balaban J connectivity index is 0.00000225. The minimum absolute atomic E-state index is 0. The number of carbonyl (C=O) groups is 1. The topological polar surface area (TPSA) is 77.0 Å². The van der Waals surface area contributed by atoms with E-state index in [0.717, 1.165) is 70.4 Å². The van der Waals surface area contributed by atoms with Crippen LogP contribution in [0, 0.1) is 5.92 Å². The highest BCUT2D eigenvalue weighted by Gasteiger charge is 2.35. The maximum absolute atomic E-state index is 12.1. The quantitative estimate of drug-likeness (QED) is 0.337. The number of guanidine groups is 1. The van der Waals surface area contributed by atoms with Crippen molar-refractivity contribution in [1.82, 2.24) is 15.5 Å². The van der Waals surface area contributed by atoms with Crippen molar-refractivity contribution < 1.29 is 9.90 Å². The van der Waals surface area contributed by atoms with Gasteiger partial charge in [-0.05, 0) is 38.5 Å². The Kier molecular flexibility index (Phi) is 7.79. The molecule has 0 aromatic heterocycles. The number of hydrogen-bond donors (Lipinski definition) is 3. The molecule has 0 atom stereocenters. The average molecular weight is 464 g/mol. The number of carbonyl (C=O) groups excluding carboxylic acids is 1. The van der Waals surface area contributed by atoms with E-state index in [2.05, 4.69) is 15.6 Å². The van der Waals surface area contributed by atoms with Gasteiger partial charge in [0, 0.05) is 38.6 Å². The molecular weight excluding hydrogens is 431 g/mol. The smallest absolute Gasteiger partial charge is 0.225 e. The number of rotatable bonds is 4. The molecular formula is C18H33IN4O2. The SMILES string of the molecule is CN=C(NCC1(O)CCCCC1)NC1CCN(C(=O)C2CC2)CC1.I. The molecule has 7 heteroatoms. The predicted molar refractivity (Wildman–Crippen MR) is 110 cm³/mol. The summed E-state index contributed by atoms with van der Waals surface area (Å²) in [7, 11) is 1.77. The number of likely N-dealkylation sites (tertiary alicyclic amines) is 1. The summed E-state index contributed by atoms with van der Waals surface area (Å²) in [5.74, 6) is 1.44. The lowest BCUT2D eigenvalue weighted by Gasteiger charge is -2.35. The Morgan fingerprint density at radius 3 is 2.36 bits per heavy atom. The summed E-state index contributed by atoms with van der Waals surface area (Å²) >= 11 is 0. The van der Waals surface area contributed by atoms with Gasteiger partial charge < -0.3 is 20.6 Å². The molecule has 3 rings (SSSR count). The second kappa shape index (κ2) is 9.39. The van der Waals surface area contributed by atoms with Crippen molar-refractivity contribution in [1.29, 1.82) is 0 Å². The second-order valence-corrected chi connectivity index (χ2v) is 7.73. The van der Waals surface area contributed by atoms with Gasteiger partial charge in [-0.15, -0.1) is 24.0 Å². The molecule has 3 fully saturated rings. The molecule has 6 nitrogen and oxygen atoms in total. The highest BCUT2D eigenvalue weighted by molar-refractivity contribution is 14.0. The average Bonchev–Trinajstić information content (AvgIpc) is 3.44. The van der Waals surface area contributed by atoms with Gasteiger partial charge in [0.15, 0.2) is 5.96 Å². The van der Waals surface area contributed by atoms with Crippen molar-refractivity contribution in [2.24, 2.45) is 10.9 Å². The molecule has 0 aromatic carbocycles. The van der Waals surface area contributed by atoms with E-state index in [-0.39, 0.29) is 24.0 Å². The van der Waals surface area contributed by atoms with Crippen LogP contribution in [0.15, 0.2) is 4.99 Å². The largest absolute Gasteiger partial charge is 0.388 e. The second-order valence-electron chi connectivity index (χ2n) is 7.73. The van der Waals surface area contributed by atoms with E-state index < -0.39 is 5.60 Å². The Morgan fingerprint density at radius 1 is 1.16 bits per heavy atom. The molecule has 1 aliphatic heterocycles. The number of hydrogen-bond acceptors (Lipinski definition) is 3. The van der Waals surface area contributed by atoms with Gasteiger partial charge in [0.05, 0.1) is 5.60 Å². The fourth-order valence-corrected chi connectivity index (χ4v) is 3.86. The summed E-state index contributed by atoms with van der Waals surface area (Å²) in [4.78, 5) is 18.4. The molecule has 0 aromatic rings. The molecule has 0 radical (unpaired) electrons. The van der Waals surface area contributed by atoms with Gasteiger partial charge in [-0.3, -0.25) is 9.79 Å². The number of piperidine rings is 1. The highest BCUT2D eigenvalue weighted by Crippen LogP contribution is 2.32. The summed E-state index contributed by atoms with van der Waals surface area (Å²) in [6.45, 7) is 2.24. The van der Waals surface area contributed by atoms with E-state index >= 15 is 0 Å².